The summed E-state index contributed by atoms with van der Waals surface area (Å²) in [6.45, 7) is 6.40. The molecule has 0 aliphatic carbocycles. The summed E-state index contributed by atoms with van der Waals surface area (Å²) in [5.74, 6) is -0.290. The Labute approximate surface area is 123 Å². The van der Waals surface area contributed by atoms with Crippen molar-refractivity contribution >= 4 is 11.6 Å². The van der Waals surface area contributed by atoms with E-state index in [1.165, 1.54) is 12.1 Å². The smallest absolute Gasteiger partial charge is 0.123 e. The van der Waals surface area contributed by atoms with Gasteiger partial charge in [0.1, 0.15) is 5.82 Å². The molecule has 2 aromatic rings. The van der Waals surface area contributed by atoms with Crippen LogP contribution in [0.2, 0.25) is 5.02 Å². The van der Waals surface area contributed by atoms with E-state index in [4.69, 9.17) is 17.3 Å². The van der Waals surface area contributed by atoms with Crippen LogP contribution in [0, 0.1) is 19.7 Å². The van der Waals surface area contributed by atoms with E-state index in [9.17, 15) is 4.39 Å². The second-order valence-corrected chi connectivity index (χ2v) is 5.63. The van der Waals surface area contributed by atoms with Gasteiger partial charge in [-0.3, -0.25) is 4.68 Å². The Morgan fingerprint density at radius 3 is 2.75 bits per heavy atom. The summed E-state index contributed by atoms with van der Waals surface area (Å²) in [5.41, 5.74) is 9.77. The van der Waals surface area contributed by atoms with Gasteiger partial charge in [-0.25, -0.2) is 4.39 Å². The summed E-state index contributed by atoms with van der Waals surface area (Å²) in [6, 6.07) is 4.46. The van der Waals surface area contributed by atoms with Gasteiger partial charge >= 0.3 is 0 Å². The maximum atomic E-state index is 13.3. The van der Waals surface area contributed by atoms with Gasteiger partial charge in [0.05, 0.1) is 12.2 Å². The van der Waals surface area contributed by atoms with Gasteiger partial charge in [-0.2, -0.15) is 5.10 Å². The molecule has 2 rings (SSSR count). The van der Waals surface area contributed by atoms with Crippen molar-refractivity contribution in [1.29, 1.82) is 0 Å². The summed E-state index contributed by atoms with van der Waals surface area (Å²) in [5, 5.41) is 5.06. The summed E-state index contributed by atoms with van der Waals surface area (Å²) >= 11 is 6.10. The molecule has 1 unspecified atom stereocenters. The van der Waals surface area contributed by atoms with Crippen molar-refractivity contribution in [2.24, 2.45) is 5.73 Å². The van der Waals surface area contributed by atoms with E-state index < -0.39 is 0 Å². The number of nitrogens with zero attached hydrogens (tertiary/aromatic N) is 2. The number of rotatable bonds is 4. The number of hydrogen-bond donors (Lipinski definition) is 1. The lowest BCUT2D eigenvalue weighted by Gasteiger charge is -2.09. The Bertz CT molecular complexity index is 620. The Morgan fingerprint density at radius 2 is 2.10 bits per heavy atom. The highest BCUT2D eigenvalue weighted by molar-refractivity contribution is 6.31. The molecule has 1 atom stereocenters. The molecule has 0 saturated heterocycles. The molecule has 0 radical (unpaired) electrons. The van der Waals surface area contributed by atoms with E-state index in [-0.39, 0.29) is 11.9 Å². The van der Waals surface area contributed by atoms with E-state index in [2.05, 4.69) is 5.10 Å². The van der Waals surface area contributed by atoms with E-state index in [0.717, 1.165) is 28.9 Å². The normalized spacial score (nSPS) is 12.7. The Hall–Kier alpha value is -1.39. The van der Waals surface area contributed by atoms with Crippen molar-refractivity contribution in [2.75, 3.05) is 0 Å². The zero-order valence-electron chi connectivity index (χ0n) is 12.0. The molecule has 5 heteroatoms. The number of aryl methyl sites for hydroxylation is 1. The standard InChI is InChI=1S/C15H19ClFN3/c1-9(18)6-14-10(2)19-20(11(14)3)8-12-7-13(17)4-5-15(12)16/h4-5,7,9H,6,8,18H2,1-3H3. The van der Waals surface area contributed by atoms with Crippen LogP contribution in [0.3, 0.4) is 0 Å². The molecule has 1 aromatic heterocycles. The zero-order valence-corrected chi connectivity index (χ0v) is 12.7. The second kappa shape index (κ2) is 5.94. The first-order chi connectivity index (χ1) is 9.38. The van der Waals surface area contributed by atoms with Gasteiger partial charge in [-0.15, -0.1) is 0 Å². The van der Waals surface area contributed by atoms with Crippen LogP contribution in [0.5, 0.6) is 0 Å². The molecule has 2 N–H and O–H groups in total. The van der Waals surface area contributed by atoms with Crippen LogP contribution in [-0.4, -0.2) is 15.8 Å². The van der Waals surface area contributed by atoms with Crippen LogP contribution >= 0.6 is 11.6 Å². The Balaban J connectivity index is 2.32. The molecule has 0 aliphatic rings. The highest BCUT2D eigenvalue weighted by atomic mass is 35.5. The van der Waals surface area contributed by atoms with Crippen LogP contribution in [0.15, 0.2) is 18.2 Å². The van der Waals surface area contributed by atoms with Crippen molar-refractivity contribution in [3.63, 3.8) is 0 Å². The van der Waals surface area contributed by atoms with E-state index in [0.29, 0.717) is 11.6 Å². The predicted molar refractivity (Wildman–Crippen MR) is 79.6 cm³/mol. The van der Waals surface area contributed by atoms with Gasteiger partial charge in [0.15, 0.2) is 0 Å². The molecule has 1 aromatic carbocycles. The fourth-order valence-corrected chi connectivity index (χ4v) is 2.51. The third-order valence-corrected chi connectivity index (χ3v) is 3.75. The summed E-state index contributed by atoms with van der Waals surface area (Å²) in [7, 11) is 0. The topological polar surface area (TPSA) is 43.8 Å². The lowest BCUT2D eigenvalue weighted by Crippen LogP contribution is -2.18. The molecule has 1 heterocycles. The van der Waals surface area contributed by atoms with Gasteiger partial charge in [0.2, 0.25) is 0 Å². The van der Waals surface area contributed by atoms with Crippen LogP contribution in [-0.2, 0) is 13.0 Å². The first-order valence-electron chi connectivity index (χ1n) is 6.61. The quantitative estimate of drug-likeness (QED) is 0.941. The lowest BCUT2D eigenvalue weighted by molar-refractivity contribution is 0.615. The average molecular weight is 296 g/mol. The molecule has 0 fully saturated rings. The number of nitrogens with two attached hydrogens (primary N) is 1. The van der Waals surface area contributed by atoms with Gasteiger partial charge in [0.25, 0.3) is 0 Å². The fraction of sp³-hybridized carbons (Fsp3) is 0.400. The molecule has 20 heavy (non-hydrogen) atoms. The minimum absolute atomic E-state index is 0.0859. The molecule has 0 bridgehead atoms. The molecule has 0 aliphatic heterocycles. The van der Waals surface area contributed by atoms with E-state index in [1.54, 1.807) is 6.07 Å². The number of benzene rings is 1. The number of hydrogen-bond acceptors (Lipinski definition) is 2. The van der Waals surface area contributed by atoms with Crippen LogP contribution in [0.1, 0.15) is 29.4 Å². The molecular formula is C15H19ClFN3. The molecule has 0 saturated carbocycles. The van der Waals surface area contributed by atoms with Crippen LogP contribution in [0.4, 0.5) is 4.39 Å². The molecule has 3 nitrogen and oxygen atoms in total. The van der Waals surface area contributed by atoms with Crippen molar-refractivity contribution in [3.05, 3.63) is 51.6 Å². The predicted octanol–water partition coefficient (Wildman–Crippen LogP) is 3.23. The summed E-state index contributed by atoms with van der Waals surface area (Å²) in [6.07, 6.45) is 0.786. The average Bonchev–Trinajstić information content (AvgIpc) is 2.61. The highest BCUT2D eigenvalue weighted by Gasteiger charge is 2.14. The third-order valence-electron chi connectivity index (χ3n) is 3.39. The fourth-order valence-electron chi connectivity index (χ4n) is 2.33. The Morgan fingerprint density at radius 1 is 1.40 bits per heavy atom. The summed E-state index contributed by atoms with van der Waals surface area (Å²) < 4.78 is 15.2. The van der Waals surface area contributed by atoms with Gasteiger partial charge in [-0.05, 0) is 56.5 Å². The Kier molecular flexibility index (Phi) is 4.45. The first kappa shape index (κ1) is 15.0. The maximum Gasteiger partial charge on any atom is 0.123 e. The van der Waals surface area contributed by atoms with Crippen molar-refractivity contribution in [3.8, 4) is 0 Å². The minimum atomic E-state index is -0.290. The highest BCUT2D eigenvalue weighted by Crippen LogP contribution is 2.21. The largest absolute Gasteiger partial charge is 0.328 e. The molecule has 0 amide bonds. The van der Waals surface area contributed by atoms with E-state index in [1.807, 2.05) is 25.5 Å². The number of aromatic nitrogens is 2. The second-order valence-electron chi connectivity index (χ2n) is 5.22. The molecular weight excluding hydrogens is 277 g/mol. The zero-order chi connectivity index (χ0) is 14.9. The summed E-state index contributed by atoms with van der Waals surface area (Å²) in [4.78, 5) is 0. The maximum absolute atomic E-state index is 13.3. The van der Waals surface area contributed by atoms with Crippen LogP contribution < -0.4 is 5.73 Å². The monoisotopic (exact) mass is 295 g/mol. The lowest BCUT2D eigenvalue weighted by atomic mass is 10.1. The van der Waals surface area contributed by atoms with Gasteiger partial charge < -0.3 is 5.73 Å². The van der Waals surface area contributed by atoms with E-state index >= 15 is 0 Å². The SMILES string of the molecule is Cc1nn(Cc2cc(F)ccc2Cl)c(C)c1CC(C)N. The van der Waals surface area contributed by atoms with Crippen LogP contribution in [0.25, 0.3) is 0 Å². The third kappa shape index (κ3) is 3.19. The van der Waals surface area contributed by atoms with Crippen molar-refractivity contribution in [2.45, 2.75) is 39.8 Å². The first-order valence-corrected chi connectivity index (χ1v) is 6.98. The van der Waals surface area contributed by atoms with Gasteiger partial charge in [0, 0.05) is 16.8 Å². The van der Waals surface area contributed by atoms with Crippen molar-refractivity contribution in [1.82, 2.24) is 9.78 Å². The van der Waals surface area contributed by atoms with Gasteiger partial charge in [-0.1, -0.05) is 11.6 Å². The molecule has 108 valence electrons. The number of halogens is 2. The molecule has 0 spiro atoms. The van der Waals surface area contributed by atoms with Crippen molar-refractivity contribution < 1.29 is 4.39 Å². The minimum Gasteiger partial charge on any atom is -0.328 e.